The summed E-state index contributed by atoms with van der Waals surface area (Å²) in [5.74, 6) is 1.27. The third-order valence-corrected chi connectivity index (χ3v) is 6.98. The molecule has 0 nitrogen and oxygen atoms in total. The molecular formula is C46H70. The molecule has 0 fully saturated rings. The summed E-state index contributed by atoms with van der Waals surface area (Å²) in [6, 6.07) is 27.8. The van der Waals surface area contributed by atoms with Crippen molar-refractivity contribution in [2.24, 2.45) is 11.8 Å². The standard InChI is InChI=1S/C24H28.C9H10.C5H12.C4H8.2C2H6/c1-6-20(7-2)19(5)17-21(8-3)22-13-15-24(16-14-22)23-11-9-18(4)10-12-23;1-8(2)9-6-4-3-5-7-9;1-4-5(2)3;1-3-4-2;2*1-2/h6-7,9-17,19H,1,8H2,2-5H3;3-7H,1H2,2H3;5H,4H2,1-3H3;3-4H,1-2H3;2*1-2H3/b20-7+,21-17+;;;4-3-;;. The lowest BCUT2D eigenvalue weighted by Gasteiger charge is -2.12. The van der Waals surface area contributed by atoms with Gasteiger partial charge >= 0.3 is 0 Å². The van der Waals surface area contributed by atoms with Gasteiger partial charge in [0.1, 0.15) is 0 Å². The van der Waals surface area contributed by atoms with Gasteiger partial charge in [0.2, 0.25) is 0 Å². The molecule has 3 aromatic carbocycles. The van der Waals surface area contributed by atoms with Gasteiger partial charge in [0.05, 0.1) is 0 Å². The van der Waals surface area contributed by atoms with E-state index in [0.29, 0.717) is 5.92 Å². The second kappa shape index (κ2) is 31.3. The van der Waals surface area contributed by atoms with Crippen molar-refractivity contribution in [3.05, 3.63) is 145 Å². The lowest BCUT2D eigenvalue weighted by molar-refractivity contribution is 0.626. The summed E-state index contributed by atoms with van der Waals surface area (Å²) in [7, 11) is 0. The first kappa shape index (κ1) is 46.8. The minimum Gasteiger partial charge on any atom is -0.0988 e. The van der Waals surface area contributed by atoms with Crippen LogP contribution in [0.3, 0.4) is 0 Å². The van der Waals surface area contributed by atoms with E-state index in [2.05, 4.69) is 134 Å². The molecule has 254 valence electrons. The third-order valence-electron chi connectivity index (χ3n) is 6.98. The Kier molecular flexibility index (Phi) is 31.9. The predicted molar refractivity (Wildman–Crippen MR) is 217 cm³/mol. The van der Waals surface area contributed by atoms with Crippen LogP contribution >= 0.6 is 0 Å². The molecule has 1 unspecified atom stereocenters. The Balaban J connectivity index is -0.000000685. The van der Waals surface area contributed by atoms with Crippen LogP contribution in [0.25, 0.3) is 22.3 Å². The molecule has 3 rings (SSSR count). The number of aryl methyl sites for hydroxylation is 1. The van der Waals surface area contributed by atoms with Crippen molar-refractivity contribution in [3.63, 3.8) is 0 Å². The van der Waals surface area contributed by atoms with Crippen LogP contribution in [-0.2, 0) is 0 Å². The largest absolute Gasteiger partial charge is 0.0988 e. The molecule has 0 aliphatic heterocycles. The Morgan fingerprint density at radius 1 is 0.696 bits per heavy atom. The van der Waals surface area contributed by atoms with Gasteiger partial charge in [0, 0.05) is 0 Å². The summed E-state index contributed by atoms with van der Waals surface area (Å²) in [5, 5.41) is 0. The first-order valence-electron chi connectivity index (χ1n) is 17.5. The maximum atomic E-state index is 3.91. The molecule has 0 aliphatic rings. The first-order chi connectivity index (χ1) is 22.1. The number of allylic oxidation sites excluding steroid dienone is 8. The van der Waals surface area contributed by atoms with E-state index in [0.717, 1.165) is 17.9 Å². The van der Waals surface area contributed by atoms with E-state index in [1.54, 1.807) is 0 Å². The fourth-order valence-corrected chi connectivity index (χ4v) is 3.73. The van der Waals surface area contributed by atoms with Crippen LogP contribution < -0.4 is 0 Å². The molecule has 0 amide bonds. The van der Waals surface area contributed by atoms with Gasteiger partial charge in [0.15, 0.2) is 0 Å². The smallest absolute Gasteiger partial charge is 0.000788 e. The Hall–Kier alpha value is -3.64. The molecule has 0 spiro atoms. The highest BCUT2D eigenvalue weighted by Gasteiger charge is 2.06. The van der Waals surface area contributed by atoms with Crippen LogP contribution in [0.2, 0.25) is 0 Å². The lowest BCUT2D eigenvalue weighted by Crippen LogP contribution is -1.95. The van der Waals surface area contributed by atoms with Gasteiger partial charge in [-0.3, -0.25) is 0 Å². The zero-order valence-electron chi connectivity index (χ0n) is 32.4. The molecule has 0 N–H and O–H groups in total. The van der Waals surface area contributed by atoms with Crippen molar-refractivity contribution < 1.29 is 0 Å². The number of rotatable bonds is 8. The Morgan fingerprint density at radius 3 is 1.43 bits per heavy atom. The minimum absolute atomic E-state index is 0.388. The molecule has 0 heterocycles. The Morgan fingerprint density at radius 2 is 1.13 bits per heavy atom. The minimum atomic E-state index is 0.388. The highest BCUT2D eigenvalue weighted by Crippen LogP contribution is 2.27. The lowest BCUT2D eigenvalue weighted by atomic mass is 9.93. The molecule has 0 saturated carbocycles. The average Bonchev–Trinajstić information content (AvgIpc) is 3.11. The van der Waals surface area contributed by atoms with Gasteiger partial charge in [-0.15, -0.1) is 0 Å². The number of hydrogen-bond donors (Lipinski definition) is 0. The van der Waals surface area contributed by atoms with Crippen LogP contribution in [0.1, 0.15) is 120 Å². The van der Waals surface area contributed by atoms with Crippen molar-refractivity contribution in [2.75, 3.05) is 0 Å². The van der Waals surface area contributed by atoms with Crippen LogP contribution in [0.5, 0.6) is 0 Å². The summed E-state index contributed by atoms with van der Waals surface area (Å²) in [6.07, 6.45) is 12.8. The topological polar surface area (TPSA) is 0 Å². The maximum Gasteiger partial charge on any atom is -0.000788 e. The van der Waals surface area contributed by atoms with Crippen LogP contribution in [-0.4, -0.2) is 0 Å². The first-order valence-corrected chi connectivity index (χ1v) is 17.5. The molecule has 46 heavy (non-hydrogen) atoms. The Labute approximate surface area is 287 Å². The van der Waals surface area contributed by atoms with Crippen molar-refractivity contribution in [3.8, 4) is 11.1 Å². The summed E-state index contributed by atoms with van der Waals surface area (Å²) < 4.78 is 0. The maximum absolute atomic E-state index is 3.91. The van der Waals surface area contributed by atoms with E-state index >= 15 is 0 Å². The van der Waals surface area contributed by atoms with Gasteiger partial charge in [0.25, 0.3) is 0 Å². The quantitative estimate of drug-likeness (QED) is 0.173. The average molecular weight is 623 g/mol. The molecule has 1 atom stereocenters. The highest BCUT2D eigenvalue weighted by atomic mass is 14.1. The van der Waals surface area contributed by atoms with Crippen molar-refractivity contribution in [2.45, 2.75) is 110 Å². The monoisotopic (exact) mass is 623 g/mol. The van der Waals surface area contributed by atoms with E-state index in [1.165, 1.54) is 45.4 Å². The fraction of sp³-hybridized carbons (Fsp3) is 0.391. The molecule has 0 radical (unpaired) electrons. The van der Waals surface area contributed by atoms with E-state index in [4.69, 9.17) is 0 Å². The molecular weight excluding hydrogens is 553 g/mol. The summed E-state index contributed by atoms with van der Waals surface area (Å²) >= 11 is 0. The van der Waals surface area contributed by atoms with E-state index in [-0.39, 0.29) is 0 Å². The van der Waals surface area contributed by atoms with E-state index < -0.39 is 0 Å². The second-order valence-electron chi connectivity index (χ2n) is 10.9. The zero-order valence-corrected chi connectivity index (χ0v) is 32.4. The SMILES string of the molecule is C/C=C\C.C=C(C)c1ccccc1.C=C/C(=C\C)C(C)/C=C(\CC)c1ccc(-c2ccc(C)cc2)cc1.CC.CC.CCC(C)C. The Bertz CT molecular complexity index is 1210. The molecule has 0 saturated heterocycles. The van der Waals surface area contributed by atoms with Gasteiger partial charge in [-0.1, -0.05) is 202 Å². The van der Waals surface area contributed by atoms with Gasteiger partial charge in [-0.2, -0.15) is 0 Å². The van der Waals surface area contributed by atoms with Crippen LogP contribution in [0.4, 0.5) is 0 Å². The number of benzene rings is 3. The normalized spacial score (nSPS) is 11.0. The van der Waals surface area contributed by atoms with Gasteiger partial charge < -0.3 is 0 Å². The van der Waals surface area contributed by atoms with Crippen molar-refractivity contribution in [1.29, 1.82) is 0 Å². The van der Waals surface area contributed by atoms with Gasteiger partial charge in [-0.05, 0) is 86.3 Å². The molecule has 3 aromatic rings. The zero-order chi connectivity index (χ0) is 35.9. The van der Waals surface area contributed by atoms with E-state index in [1.807, 2.05) is 84.9 Å². The predicted octanol–water partition coefficient (Wildman–Crippen LogP) is 15.6. The molecule has 0 heteroatoms. The van der Waals surface area contributed by atoms with E-state index in [9.17, 15) is 0 Å². The van der Waals surface area contributed by atoms with Crippen molar-refractivity contribution >= 4 is 11.1 Å². The fourth-order valence-electron chi connectivity index (χ4n) is 3.73. The van der Waals surface area contributed by atoms with Crippen molar-refractivity contribution in [1.82, 2.24) is 0 Å². The highest BCUT2D eigenvalue weighted by molar-refractivity contribution is 5.71. The summed E-state index contributed by atoms with van der Waals surface area (Å²) in [5.41, 5.74) is 10.1. The third kappa shape index (κ3) is 22.0. The second-order valence-corrected chi connectivity index (χ2v) is 10.9. The number of hydrogen-bond acceptors (Lipinski definition) is 0. The summed E-state index contributed by atoms with van der Waals surface area (Å²) in [6.45, 7) is 37.0. The van der Waals surface area contributed by atoms with Crippen LogP contribution in [0.15, 0.2) is 128 Å². The summed E-state index contributed by atoms with van der Waals surface area (Å²) in [4.78, 5) is 0. The molecule has 0 aromatic heterocycles. The molecule has 0 aliphatic carbocycles. The molecule has 0 bridgehead atoms. The van der Waals surface area contributed by atoms with Crippen LogP contribution in [0, 0.1) is 18.8 Å². The van der Waals surface area contributed by atoms with Gasteiger partial charge in [-0.25, -0.2) is 0 Å².